The number of phenolic OH excluding ortho intramolecular Hbond substituents is 2. The van der Waals surface area contributed by atoms with Crippen molar-refractivity contribution in [2.45, 2.75) is 19.5 Å². The summed E-state index contributed by atoms with van der Waals surface area (Å²) in [6.07, 6.45) is 0.602. The Balaban J connectivity index is 1.61. The fourth-order valence-electron chi connectivity index (χ4n) is 3.41. The van der Waals surface area contributed by atoms with Crippen molar-refractivity contribution < 1.29 is 10.2 Å². The average molecular weight is 364 g/mol. The Morgan fingerprint density at radius 2 is 1.81 bits per heavy atom. The van der Waals surface area contributed by atoms with Gasteiger partial charge in [0.2, 0.25) is 0 Å². The van der Waals surface area contributed by atoms with Crippen molar-refractivity contribution >= 4 is 5.69 Å². The van der Waals surface area contributed by atoms with E-state index in [-0.39, 0.29) is 17.1 Å². The number of nitrogen functional groups attached to an aromatic ring is 1. The minimum absolute atomic E-state index is 0.0302. The zero-order chi connectivity index (χ0) is 19.0. The fraction of sp³-hybridized carbons (Fsp3) is 0.200. The monoisotopic (exact) mass is 364 g/mol. The van der Waals surface area contributed by atoms with Gasteiger partial charge in [0.25, 0.3) is 5.56 Å². The maximum atomic E-state index is 12.5. The van der Waals surface area contributed by atoms with Crippen LogP contribution < -0.4 is 11.3 Å². The minimum Gasteiger partial charge on any atom is -0.508 e. The number of phenols is 2. The largest absolute Gasteiger partial charge is 0.508 e. The van der Waals surface area contributed by atoms with Crippen LogP contribution in [-0.4, -0.2) is 31.6 Å². The number of aromatic nitrogens is 2. The van der Waals surface area contributed by atoms with Crippen molar-refractivity contribution in [1.82, 2.24) is 14.9 Å². The molecule has 2 heterocycles. The zero-order valence-electron chi connectivity index (χ0n) is 14.6. The predicted octanol–water partition coefficient (Wildman–Crippen LogP) is 1.99. The lowest BCUT2D eigenvalue weighted by atomic mass is 10.0. The van der Waals surface area contributed by atoms with Crippen molar-refractivity contribution in [1.29, 1.82) is 0 Å². The van der Waals surface area contributed by atoms with Gasteiger partial charge in [0.05, 0.1) is 5.69 Å². The second kappa shape index (κ2) is 6.77. The molecule has 0 atom stereocenters. The number of benzene rings is 2. The van der Waals surface area contributed by atoms with Crippen molar-refractivity contribution in [2.24, 2.45) is 0 Å². The number of anilines is 1. The molecule has 0 amide bonds. The number of nitrogens with one attached hydrogen (secondary N) is 1. The Morgan fingerprint density at radius 3 is 2.52 bits per heavy atom. The van der Waals surface area contributed by atoms with Gasteiger partial charge in [-0.25, -0.2) is 4.98 Å². The fourth-order valence-corrected chi connectivity index (χ4v) is 3.41. The molecule has 0 fully saturated rings. The summed E-state index contributed by atoms with van der Waals surface area (Å²) >= 11 is 0. The van der Waals surface area contributed by atoms with Crippen LogP contribution in [0.15, 0.2) is 47.3 Å². The predicted molar refractivity (Wildman–Crippen MR) is 102 cm³/mol. The van der Waals surface area contributed by atoms with Crippen LogP contribution in [0.2, 0.25) is 0 Å². The molecule has 1 aliphatic rings. The molecule has 0 unspecified atom stereocenters. The summed E-state index contributed by atoms with van der Waals surface area (Å²) in [5.41, 5.74) is 9.34. The number of nitrogens with zero attached hydrogens (tertiary/aromatic N) is 2. The topological polar surface area (TPSA) is 115 Å². The molecular weight excluding hydrogens is 344 g/mol. The lowest BCUT2D eigenvalue weighted by molar-refractivity contribution is 0.240. The van der Waals surface area contributed by atoms with Crippen LogP contribution in [-0.2, 0) is 19.5 Å². The molecule has 5 N–H and O–H groups in total. The van der Waals surface area contributed by atoms with Crippen molar-refractivity contribution in [2.75, 3.05) is 12.3 Å². The number of H-pyrrole nitrogens is 1. The normalized spacial score (nSPS) is 14.1. The van der Waals surface area contributed by atoms with Crippen LogP contribution in [0.3, 0.4) is 0 Å². The quantitative estimate of drug-likeness (QED) is 0.528. The van der Waals surface area contributed by atoms with Gasteiger partial charge in [0.1, 0.15) is 17.3 Å². The molecule has 138 valence electrons. The van der Waals surface area contributed by atoms with Gasteiger partial charge in [-0.05, 0) is 48.4 Å². The van der Waals surface area contributed by atoms with E-state index >= 15 is 0 Å². The van der Waals surface area contributed by atoms with Crippen molar-refractivity contribution in [3.8, 4) is 22.9 Å². The summed E-state index contributed by atoms with van der Waals surface area (Å²) in [5.74, 6) is 0.584. The highest BCUT2D eigenvalue weighted by atomic mass is 16.3. The Bertz CT molecular complexity index is 1020. The average Bonchev–Trinajstić information content (AvgIpc) is 2.61. The molecule has 0 bridgehead atoms. The standard InChI is InChI=1S/C20H20N4O3/c21-14-3-1-13(2-4-14)19-22-18-11-24(6-5-17(18)20(27)23-19)10-12-7-15(25)9-16(26)8-12/h1-4,7-9,25-26H,5-6,10-11,21H2,(H,22,23,27). The molecular formula is C20H20N4O3. The highest BCUT2D eigenvalue weighted by Gasteiger charge is 2.21. The Kier molecular flexibility index (Phi) is 4.29. The number of aromatic amines is 1. The number of nitrogens with two attached hydrogens (primary N) is 1. The van der Waals surface area contributed by atoms with Gasteiger partial charge in [-0.1, -0.05) is 0 Å². The number of rotatable bonds is 3. The van der Waals surface area contributed by atoms with Gasteiger partial charge < -0.3 is 20.9 Å². The molecule has 0 saturated heterocycles. The van der Waals surface area contributed by atoms with Gasteiger partial charge in [-0.15, -0.1) is 0 Å². The van der Waals surface area contributed by atoms with Crippen LogP contribution in [0.1, 0.15) is 16.8 Å². The SMILES string of the molecule is Nc1ccc(-c2nc3c(c(=O)[nH]2)CCN(Cc2cc(O)cc(O)c2)C3)cc1. The lowest BCUT2D eigenvalue weighted by Crippen LogP contribution is -2.35. The molecule has 0 aliphatic carbocycles. The number of aromatic hydroxyl groups is 2. The highest BCUT2D eigenvalue weighted by molar-refractivity contribution is 5.58. The van der Waals surface area contributed by atoms with E-state index in [1.807, 2.05) is 12.1 Å². The van der Waals surface area contributed by atoms with Gasteiger partial charge in [-0.3, -0.25) is 9.69 Å². The summed E-state index contributed by atoms with van der Waals surface area (Å²) in [7, 11) is 0. The van der Waals surface area contributed by atoms with E-state index in [1.54, 1.807) is 24.3 Å². The third-order valence-corrected chi connectivity index (χ3v) is 4.71. The second-order valence-corrected chi connectivity index (χ2v) is 6.78. The van der Waals surface area contributed by atoms with Gasteiger partial charge in [0.15, 0.2) is 0 Å². The molecule has 1 aromatic heterocycles. The Morgan fingerprint density at radius 1 is 1.11 bits per heavy atom. The maximum absolute atomic E-state index is 12.5. The zero-order valence-corrected chi connectivity index (χ0v) is 14.6. The van der Waals surface area contributed by atoms with Gasteiger partial charge in [0, 0.05) is 42.5 Å². The van der Waals surface area contributed by atoms with E-state index in [9.17, 15) is 15.0 Å². The number of hydrogen-bond donors (Lipinski definition) is 4. The number of hydrogen-bond acceptors (Lipinski definition) is 6. The first-order valence-corrected chi connectivity index (χ1v) is 8.70. The molecule has 7 heteroatoms. The van der Waals surface area contributed by atoms with E-state index < -0.39 is 0 Å². The van der Waals surface area contributed by atoms with E-state index in [0.29, 0.717) is 43.1 Å². The van der Waals surface area contributed by atoms with E-state index in [2.05, 4.69) is 14.9 Å². The molecule has 0 spiro atoms. The van der Waals surface area contributed by atoms with Crippen LogP contribution in [0.5, 0.6) is 11.5 Å². The highest BCUT2D eigenvalue weighted by Crippen LogP contribution is 2.24. The van der Waals surface area contributed by atoms with Crippen molar-refractivity contribution in [3.05, 3.63) is 69.6 Å². The molecule has 2 aromatic carbocycles. The Labute approximate surface area is 155 Å². The van der Waals surface area contributed by atoms with Crippen LogP contribution >= 0.6 is 0 Å². The smallest absolute Gasteiger partial charge is 0.254 e. The molecule has 1 aliphatic heterocycles. The van der Waals surface area contributed by atoms with Gasteiger partial charge in [-0.2, -0.15) is 0 Å². The minimum atomic E-state index is -0.110. The van der Waals surface area contributed by atoms with Crippen LogP contribution in [0.25, 0.3) is 11.4 Å². The van der Waals surface area contributed by atoms with E-state index in [1.165, 1.54) is 6.07 Å². The van der Waals surface area contributed by atoms with E-state index in [4.69, 9.17) is 5.73 Å². The summed E-state index contributed by atoms with van der Waals surface area (Å²) in [5, 5.41) is 19.3. The Hall–Kier alpha value is -3.32. The summed E-state index contributed by atoms with van der Waals surface area (Å²) in [6.45, 7) is 1.78. The summed E-state index contributed by atoms with van der Waals surface area (Å²) in [4.78, 5) is 22.1. The summed E-state index contributed by atoms with van der Waals surface area (Å²) < 4.78 is 0. The lowest BCUT2D eigenvalue weighted by Gasteiger charge is -2.27. The van der Waals surface area contributed by atoms with Crippen molar-refractivity contribution in [3.63, 3.8) is 0 Å². The number of fused-ring (bicyclic) bond motifs is 1. The third-order valence-electron chi connectivity index (χ3n) is 4.71. The molecule has 0 saturated carbocycles. The molecule has 27 heavy (non-hydrogen) atoms. The molecule has 0 radical (unpaired) electrons. The summed E-state index contributed by atoms with van der Waals surface area (Å²) in [6, 6.07) is 11.8. The maximum Gasteiger partial charge on any atom is 0.254 e. The third kappa shape index (κ3) is 3.63. The van der Waals surface area contributed by atoms with Crippen LogP contribution in [0, 0.1) is 0 Å². The first-order chi connectivity index (χ1) is 13.0. The van der Waals surface area contributed by atoms with Crippen LogP contribution in [0.4, 0.5) is 5.69 Å². The molecule has 3 aromatic rings. The molecule has 4 rings (SSSR count). The second-order valence-electron chi connectivity index (χ2n) is 6.78. The first-order valence-electron chi connectivity index (χ1n) is 8.70. The van der Waals surface area contributed by atoms with Gasteiger partial charge >= 0.3 is 0 Å². The van der Waals surface area contributed by atoms with E-state index in [0.717, 1.165) is 16.8 Å². The first kappa shape index (κ1) is 17.1. The molecule has 7 nitrogen and oxygen atoms in total.